The van der Waals surface area contributed by atoms with Crippen LogP contribution in [-0.4, -0.2) is 34.3 Å². The number of nitrogens with one attached hydrogen (secondary N) is 1. The molecule has 1 N–H and O–H groups in total. The maximum Gasteiger partial charge on any atom is 0.417 e. The Bertz CT molecular complexity index is 727. The summed E-state index contributed by atoms with van der Waals surface area (Å²) in [5, 5.41) is 1.15. The Morgan fingerprint density at radius 1 is 1.33 bits per heavy atom. The second-order valence-electron chi connectivity index (χ2n) is 6.03. The zero-order chi connectivity index (χ0) is 14.6. The zero-order valence-electron chi connectivity index (χ0n) is 11.8. The fourth-order valence-electron chi connectivity index (χ4n) is 3.69. The molecule has 1 aromatic carbocycles. The van der Waals surface area contributed by atoms with Gasteiger partial charge in [-0.1, -0.05) is 11.6 Å². The largest absolute Gasteiger partial charge is 0.417 e. The Hall–Kier alpha value is -0.910. The summed E-state index contributed by atoms with van der Waals surface area (Å²) in [4.78, 5) is 17.5. The molecule has 2 aliphatic heterocycles. The number of aromatic amines is 1. The van der Waals surface area contributed by atoms with Gasteiger partial charge in [-0.25, -0.2) is 4.79 Å². The van der Waals surface area contributed by atoms with E-state index in [1.54, 1.807) is 0 Å². The maximum atomic E-state index is 11.3. The van der Waals surface area contributed by atoms with Crippen LogP contribution in [0.3, 0.4) is 0 Å². The molecule has 2 aliphatic rings. The van der Waals surface area contributed by atoms with Gasteiger partial charge in [0.2, 0.25) is 0 Å². The molecule has 0 spiro atoms. The van der Waals surface area contributed by atoms with Crippen LogP contribution in [0, 0.1) is 0 Å². The van der Waals surface area contributed by atoms with E-state index in [1.165, 1.54) is 25.7 Å². The first kappa shape index (κ1) is 13.7. The van der Waals surface area contributed by atoms with E-state index in [-0.39, 0.29) is 0 Å². The lowest BCUT2D eigenvalue weighted by Crippen LogP contribution is -2.40. The summed E-state index contributed by atoms with van der Waals surface area (Å²) in [5.41, 5.74) is 1.14. The van der Waals surface area contributed by atoms with Gasteiger partial charge < -0.3 is 9.32 Å². The second-order valence-corrected chi connectivity index (χ2v) is 7.75. The lowest BCUT2D eigenvalue weighted by Gasteiger charge is -2.36. The number of nitrogens with zero attached hydrogens (tertiary/aromatic N) is 1. The van der Waals surface area contributed by atoms with E-state index in [0.717, 1.165) is 4.90 Å². The molecule has 2 aromatic rings. The van der Waals surface area contributed by atoms with E-state index < -0.39 is 5.76 Å². The summed E-state index contributed by atoms with van der Waals surface area (Å²) >= 11 is 8.24. The minimum absolute atomic E-state index is 0.452. The summed E-state index contributed by atoms with van der Waals surface area (Å²) in [6.07, 6.45) is 5.06. The highest BCUT2D eigenvalue weighted by molar-refractivity contribution is 8.00. The van der Waals surface area contributed by atoms with Crippen molar-refractivity contribution in [3.05, 3.63) is 27.7 Å². The normalized spacial score (nSPS) is 29.3. The number of thioether (sulfide) groups is 1. The first-order valence-electron chi connectivity index (χ1n) is 7.31. The molecule has 3 atom stereocenters. The van der Waals surface area contributed by atoms with Crippen LogP contribution in [0.4, 0.5) is 0 Å². The molecule has 6 heteroatoms. The van der Waals surface area contributed by atoms with E-state index in [2.05, 4.69) is 16.9 Å². The molecule has 4 nitrogen and oxygen atoms in total. The maximum absolute atomic E-state index is 11.3. The van der Waals surface area contributed by atoms with Crippen molar-refractivity contribution < 1.29 is 4.42 Å². The average molecular weight is 325 g/mol. The zero-order valence-corrected chi connectivity index (χ0v) is 13.3. The van der Waals surface area contributed by atoms with Crippen LogP contribution >= 0.6 is 23.4 Å². The van der Waals surface area contributed by atoms with Gasteiger partial charge in [-0.15, -0.1) is 11.8 Å². The molecule has 0 aliphatic carbocycles. The van der Waals surface area contributed by atoms with E-state index in [0.29, 0.717) is 33.5 Å². The number of fused-ring (bicyclic) bond motifs is 3. The van der Waals surface area contributed by atoms with Crippen molar-refractivity contribution in [1.29, 1.82) is 0 Å². The van der Waals surface area contributed by atoms with Crippen LogP contribution in [0.25, 0.3) is 11.1 Å². The Kier molecular flexibility index (Phi) is 3.32. The fourth-order valence-corrected chi connectivity index (χ4v) is 5.37. The molecule has 112 valence electrons. The van der Waals surface area contributed by atoms with Crippen LogP contribution in [0.1, 0.15) is 25.7 Å². The highest BCUT2D eigenvalue weighted by Crippen LogP contribution is 2.43. The van der Waals surface area contributed by atoms with Gasteiger partial charge in [0.15, 0.2) is 5.58 Å². The van der Waals surface area contributed by atoms with E-state index >= 15 is 0 Å². The van der Waals surface area contributed by atoms with E-state index in [4.69, 9.17) is 16.0 Å². The second kappa shape index (κ2) is 5.07. The van der Waals surface area contributed by atoms with Crippen molar-refractivity contribution >= 4 is 34.5 Å². The van der Waals surface area contributed by atoms with Crippen molar-refractivity contribution in [3.8, 4) is 0 Å². The molecule has 2 bridgehead atoms. The Morgan fingerprint density at radius 3 is 2.76 bits per heavy atom. The molecule has 0 radical (unpaired) electrons. The van der Waals surface area contributed by atoms with Crippen LogP contribution in [0.2, 0.25) is 5.02 Å². The molecule has 0 amide bonds. The first-order valence-corrected chi connectivity index (χ1v) is 8.57. The molecule has 3 heterocycles. The lowest BCUT2D eigenvalue weighted by atomic mass is 10.0. The Morgan fingerprint density at radius 2 is 2.05 bits per heavy atom. The molecule has 0 saturated carbocycles. The van der Waals surface area contributed by atoms with Gasteiger partial charge in [0.25, 0.3) is 0 Å². The third kappa shape index (κ3) is 2.31. The smallest absolute Gasteiger partial charge is 0.406 e. The molecule has 2 fully saturated rings. The minimum Gasteiger partial charge on any atom is -0.406 e. The molecular weight excluding hydrogens is 308 g/mol. The van der Waals surface area contributed by atoms with Crippen LogP contribution in [0.5, 0.6) is 0 Å². The van der Waals surface area contributed by atoms with Crippen molar-refractivity contribution in [3.63, 3.8) is 0 Å². The molecule has 2 saturated heterocycles. The number of benzene rings is 1. The van der Waals surface area contributed by atoms with Crippen molar-refractivity contribution in [2.45, 2.75) is 47.9 Å². The standard InChI is InChI=1S/C15H17ClN2O2S/c1-18-8-2-3-9(18)7-10(6-8)21-12-5-4-11-14(13(12)16)20-15(19)17-11/h4-5,8-10H,2-3,6-7H2,1H3,(H,17,19)/t8-,9+,10-. The van der Waals surface area contributed by atoms with Crippen LogP contribution < -0.4 is 5.76 Å². The van der Waals surface area contributed by atoms with Crippen LogP contribution in [-0.2, 0) is 0 Å². The SMILES string of the molecule is CN1[C@@H]2CC[C@H]1C[C@H](Sc1ccc3[nH]c(=O)oc3c1Cl)C2. The van der Waals surface area contributed by atoms with Gasteiger partial charge in [0.05, 0.1) is 10.5 Å². The molecule has 4 rings (SSSR count). The first-order chi connectivity index (χ1) is 10.1. The average Bonchev–Trinajstić information content (AvgIpc) is 2.90. The molecular formula is C15H17ClN2O2S. The van der Waals surface area contributed by atoms with E-state index in [9.17, 15) is 4.79 Å². The molecule has 21 heavy (non-hydrogen) atoms. The van der Waals surface area contributed by atoms with Gasteiger partial charge in [0, 0.05) is 22.2 Å². The number of oxazole rings is 1. The number of halogens is 1. The summed E-state index contributed by atoms with van der Waals surface area (Å²) in [6, 6.07) is 5.29. The molecule has 0 unspecified atom stereocenters. The Labute approximate surface area is 131 Å². The molecule has 1 aromatic heterocycles. The number of aromatic nitrogens is 1. The van der Waals surface area contributed by atoms with Gasteiger partial charge >= 0.3 is 5.76 Å². The van der Waals surface area contributed by atoms with Gasteiger partial charge in [0.1, 0.15) is 0 Å². The number of piperidine rings is 1. The van der Waals surface area contributed by atoms with Crippen molar-refractivity contribution in [2.24, 2.45) is 0 Å². The highest BCUT2D eigenvalue weighted by atomic mass is 35.5. The van der Waals surface area contributed by atoms with Crippen molar-refractivity contribution in [2.75, 3.05) is 7.05 Å². The third-order valence-corrected chi connectivity index (χ3v) is 6.64. The van der Waals surface area contributed by atoms with Gasteiger partial charge in [-0.2, -0.15) is 0 Å². The predicted octanol–water partition coefficient (Wildman–Crippen LogP) is 3.49. The summed E-state index contributed by atoms with van der Waals surface area (Å²) in [7, 11) is 2.25. The highest BCUT2D eigenvalue weighted by Gasteiger charge is 2.38. The summed E-state index contributed by atoms with van der Waals surface area (Å²) in [6.45, 7) is 0. The third-order valence-electron chi connectivity index (χ3n) is 4.84. The van der Waals surface area contributed by atoms with E-state index in [1.807, 2.05) is 23.9 Å². The Balaban J connectivity index is 1.60. The predicted molar refractivity (Wildman–Crippen MR) is 85.3 cm³/mol. The summed E-state index contributed by atoms with van der Waals surface area (Å²) < 4.78 is 5.14. The monoisotopic (exact) mass is 324 g/mol. The lowest BCUT2D eigenvalue weighted by molar-refractivity contribution is 0.183. The van der Waals surface area contributed by atoms with Gasteiger partial charge in [-0.05, 0) is 44.9 Å². The van der Waals surface area contributed by atoms with Gasteiger partial charge in [-0.3, -0.25) is 4.98 Å². The summed E-state index contributed by atoms with van der Waals surface area (Å²) in [5.74, 6) is -0.452. The number of hydrogen-bond acceptors (Lipinski definition) is 4. The number of H-pyrrole nitrogens is 1. The van der Waals surface area contributed by atoms with Crippen LogP contribution in [0.15, 0.2) is 26.2 Å². The minimum atomic E-state index is -0.452. The topological polar surface area (TPSA) is 49.2 Å². The quantitative estimate of drug-likeness (QED) is 0.918. The number of rotatable bonds is 2. The fraction of sp³-hybridized carbons (Fsp3) is 0.533. The van der Waals surface area contributed by atoms with Crippen molar-refractivity contribution in [1.82, 2.24) is 9.88 Å². The number of hydrogen-bond donors (Lipinski definition) is 1.